The normalized spacial score (nSPS) is 10.9. The Morgan fingerprint density at radius 1 is 1.45 bits per heavy atom. The molecule has 0 saturated carbocycles. The highest BCUT2D eigenvalue weighted by Gasteiger charge is 2.36. The van der Waals surface area contributed by atoms with Crippen LogP contribution in [-0.2, 0) is 6.18 Å². The van der Waals surface area contributed by atoms with Crippen LogP contribution in [0.3, 0.4) is 0 Å². The second-order valence-corrected chi connectivity index (χ2v) is 1.84. The van der Waals surface area contributed by atoms with E-state index in [2.05, 4.69) is 9.68 Å². The van der Waals surface area contributed by atoms with E-state index in [1.165, 1.54) is 6.92 Å². The van der Waals surface area contributed by atoms with Gasteiger partial charge in [-0.05, 0) is 6.92 Å². The van der Waals surface area contributed by atoms with E-state index in [4.69, 9.17) is 0 Å². The van der Waals surface area contributed by atoms with Crippen molar-refractivity contribution in [1.29, 1.82) is 0 Å². The van der Waals surface area contributed by atoms with Gasteiger partial charge in [-0.1, -0.05) is 5.16 Å². The summed E-state index contributed by atoms with van der Waals surface area (Å²) in [6, 6.07) is 0. The van der Waals surface area contributed by atoms with E-state index in [0.717, 1.165) is 6.26 Å². The monoisotopic (exact) mass is 168 g/mol. The summed E-state index contributed by atoms with van der Waals surface area (Å²) in [6.45, 7) is 1.29. The van der Waals surface area contributed by atoms with Crippen LogP contribution in [0, 0.1) is 6.92 Å². The number of rotatable bonds is 0. The van der Waals surface area contributed by atoms with Gasteiger partial charge in [-0.25, -0.2) is 0 Å². The molecule has 1 heterocycles. The van der Waals surface area contributed by atoms with Crippen LogP contribution in [-0.4, -0.2) is 5.16 Å². The molecule has 3 nitrogen and oxygen atoms in total. The van der Waals surface area contributed by atoms with E-state index in [9.17, 15) is 13.2 Å². The molecule has 11 heavy (non-hydrogen) atoms. The molecule has 1 aromatic rings. The van der Waals surface area contributed by atoms with Gasteiger partial charge in [0.25, 0.3) is 0 Å². The van der Waals surface area contributed by atoms with E-state index in [1.54, 1.807) is 0 Å². The maximum absolute atomic E-state index is 11.8. The zero-order chi connectivity index (χ0) is 7.78. The lowest BCUT2D eigenvalue weighted by Gasteiger charge is -1.99. The van der Waals surface area contributed by atoms with Crippen molar-refractivity contribution in [2.45, 2.75) is 13.1 Å². The van der Waals surface area contributed by atoms with Gasteiger partial charge in [0.1, 0.15) is 6.26 Å². The molecular weight excluding hydrogens is 161 g/mol. The maximum Gasteiger partial charge on any atom is 0.437 e. The first-order valence-corrected chi connectivity index (χ1v) is 2.50. The third-order valence-corrected chi connectivity index (χ3v) is 1.02. The van der Waals surface area contributed by atoms with Crippen LogP contribution < -0.4 is 6.15 Å². The van der Waals surface area contributed by atoms with Gasteiger partial charge >= 0.3 is 6.18 Å². The highest BCUT2D eigenvalue weighted by molar-refractivity contribution is 5.14. The molecule has 0 aliphatic heterocycles. The summed E-state index contributed by atoms with van der Waals surface area (Å²) in [5, 5.41) is 2.79. The molecule has 0 bridgehead atoms. The lowest BCUT2D eigenvalue weighted by Crippen LogP contribution is -2.06. The fraction of sp³-hybridized carbons (Fsp3) is 0.400. The van der Waals surface area contributed by atoms with Crippen molar-refractivity contribution in [2.24, 2.45) is 0 Å². The summed E-state index contributed by atoms with van der Waals surface area (Å²) in [7, 11) is 0. The Morgan fingerprint density at radius 3 is 2.18 bits per heavy atom. The molecule has 0 aliphatic carbocycles. The molecule has 0 unspecified atom stereocenters. The fourth-order valence-corrected chi connectivity index (χ4v) is 0.561. The largest absolute Gasteiger partial charge is 0.437 e. The van der Waals surface area contributed by atoms with Crippen molar-refractivity contribution in [2.75, 3.05) is 0 Å². The maximum atomic E-state index is 11.8. The Hall–Kier alpha value is -1.04. The van der Waals surface area contributed by atoms with E-state index in [1.807, 2.05) is 0 Å². The second kappa shape index (κ2) is 2.91. The lowest BCUT2D eigenvalue weighted by molar-refractivity contribution is -0.143. The molecule has 1 aromatic heterocycles. The molecule has 0 spiro atoms. The molecule has 0 radical (unpaired) electrons. The first kappa shape index (κ1) is 9.96. The zero-order valence-corrected chi connectivity index (χ0v) is 5.77. The Kier molecular flexibility index (Phi) is 2.64. The predicted molar refractivity (Wildman–Crippen MR) is 31.3 cm³/mol. The van der Waals surface area contributed by atoms with Crippen LogP contribution in [0.1, 0.15) is 11.3 Å². The average Bonchev–Trinajstić information content (AvgIpc) is 2.11. The van der Waals surface area contributed by atoms with E-state index in [0.29, 0.717) is 0 Å². The summed E-state index contributed by atoms with van der Waals surface area (Å²) >= 11 is 0. The number of hydrogen-bond acceptors (Lipinski definition) is 3. The van der Waals surface area contributed by atoms with Crippen LogP contribution in [0.4, 0.5) is 13.2 Å². The van der Waals surface area contributed by atoms with Crippen LogP contribution >= 0.6 is 0 Å². The molecular formula is C5H7F3N2O. The molecule has 64 valence electrons. The second-order valence-electron chi connectivity index (χ2n) is 1.84. The van der Waals surface area contributed by atoms with Gasteiger partial charge in [0.15, 0.2) is 5.69 Å². The van der Waals surface area contributed by atoms with Gasteiger partial charge in [0.05, 0.1) is 0 Å². The van der Waals surface area contributed by atoms with E-state index in [-0.39, 0.29) is 11.7 Å². The van der Waals surface area contributed by atoms with Crippen molar-refractivity contribution in [3.05, 3.63) is 17.5 Å². The van der Waals surface area contributed by atoms with Crippen molar-refractivity contribution in [3.63, 3.8) is 0 Å². The minimum Gasteiger partial charge on any atom is -0.364 e. The Morgan fingerprint density at radius 2 is 2.00 bits per heavy atom. The lowest BCUT2D eigenvalue weighted by atomic mass is 10.3. The highest BCUT2D eigenvalue weighted by Crippen LogP contribution is 2.29. The summed E-state index contributed by atoms with van der Waals surface area (Å²) in [6.07, 6.45) is -3.43. The number of hydrogen-bond donors (Lipinski definition) is 1. The Balaban J connectivity index is 0.000001000. The summed E-state index contributed by atoms with van der Waals surface area (Å²) in [5.74, 6) is 0. The molecule has 0 fully saturated rings. The minimum absolute atomic E-state index is 0. The molecule has 0 aromatic carbocycles. The molecule has 1 rings (SSSR count). The topological polar surface area (TPSA) is 61.0 Å². The van der Waals surface area contributed by atoms with Gasteiger partial charge in [-0.3, -0.25) is 0 Å². The van der Waals surface area contributed by atoms with Crippen molar-refractivity contribution in [3.8, 4) is 0 Å². The van der Waals surface area contributed by atoms with E-state index >= 15 is 0 Å². The standard InChI is InChI=1S/C5H4F3NO.H3N/c1-3-2-10-9-4(3)5(6,7)8;/h2H,1H3;1H3. The van der Waals surface area contributed by atoms with Gasteiger partial charge in [-0.2, -0.15) is 13.2 Å². The third-order valence-electron chi connectivity index (χ3n) is 1.02. The van der Waals surface area contributed by atoms with Crippen molar-refractivity contribution in [1.82, 2.24) is 11.3 Å². The third kappa shape index (κ3) is 1.94. The molecule has 3 N–H and O–H groups in total. The summed E-state index contributed by atoms with van der Waals surface area (Å²) in [4.78, 5) is 0. The molecule has 0 aliphatic rings. The van der Waals surface area contributed by atoms with Gasteiger partial charge in [0, 0.05) is 5.56 Å². The molecule has 6 heteroatoms. The number of alkyl halides is 3. The Labute approximate surface area is 60.8 Å². The highest BCUT2D eigenvalue weighted by atomic mass is 19.4. The van der Waals surface area contributed by atoms with Crippen molar-refractivity contribution < 1.29 is 17.7 Å². The number of aryl methyl sites for hydroxylation is 1. The Bertz CT molecular complexity index is 230. The fourth-order valence-electron chi connectivity index (χ4n) is 0.561. The van der Waals surface area contributed by atoms with Crippen molar-refractivity contribution >= 4 is 0 Å². The van der Waals surface area contributed by atoms with Gasteiger partial charge in [-0.15, -0.1) is 0 Å². The predicted octanol–water partition coefficient (Wildman–Crippen LogP) is 2.16. The quantitative estimate of drug-likeness (QED) is 0.645. The van der Waals surface area contributed by atoms with Crippen LogP contribution in [0.25, 0.3) is 0 Å². The summed E-state index contributed by atoms with van der Waals surface area (Å²) < 4.78 is 39.4. The first-order chi connectivity index (χ1) is 4.52. The summed E-state index contributed by atoms with van der Waals surface area (Å²) in [5.41, 5.74) is -0.944. The zero-order valence-electron chi connectivity index (χ0n) is 5.77. The van der Waals surface area contributed by atoms with Gasteiger partial charge < -0.3 is 10.7 Å². The average molecular weight is 168 g/mol. The van der Waals surface area contributed by atoms with Crippen LogP contribution in [0.5, 0.6) is 0 Å². The molecule has 0 saturated heterocycles. The molecule has 0 amide bonds. The van der Waals surface area contributed by atoms with Gasteiger partial charge in [0.2, 0.25) is 0 Å². The SMILES string of the molecule is Cc1conc1C(F)(F)F.N. The number of aromatic nitrogens is 1. The number of nitrogens with zero attached hydrogens (tertiary/aromatic N) is 1. The first-order valence-electron chi connectivity index (χ1n) is 2.50. The molecule has 0 atom stereocenters. The minimum atomic E-state index is -4.39. The smallest absolute Gasteiger partial charge is 0.364 e. The number of halogens is 3. The van der Waals surface area contributed by atoms with E-state index < -0.39 is 11.9 Å². The van der Waals surface area contributed by atoms with Crippen LogP contribution in [0.15, 0.2) is 10.8 Å². The van der Waals surface area contributed by atoms with Crippen LogP contribution in [0.2, 0.25) is 0 Å².